The molecule has 7 heteroatoms. The molecule has 0 radical (unpaired) electrons. The van der Waals surface area contributed by atoms with Gasteiger partial charge in [0, 0.05) is 18.6 Å². The molecule has 0 spiro atoms. The predicted molar refractivity (Wildman–Crippen MR) is 76.0 cm³/mol. The van der Waals surface area contributed by atoms with E-state index in [-0.39, 0.29) is 48.8 Å². The van der Waals surface area contributed by atoms with Gasteiger partial charge < -0.3 is 16.0 Å². The Hall–Kier alpha value is -0.540. The van der Waals surface area contributed by atoms with E-state index in [4.69, 9.17) is 11.0 Å². The molecule has 3 N–H and O–H groups in total. The number of nitrogens with one attached hydrogen (secondary N) is 1. The van der Waals surface area contributed by atoms with Gasteiger partial charge in [0.25, 0.3) is 0 Å². The molecule has 0 aromatic carbocycles. The highest BCUT2D eigenvalue weighted by Crippen LogP contribution is 2.16. The van der Waals surface area contributed by atoms with Gasteiger partial charge in [-0.3, -0.25) is 4.79 Å². The summed E-state index contributed by atoms with van der Waals surface area (Å²) in [5.41, 5.74) is 5.32. The molecule has 0 aromatic heterocycles. The Balaban J connectivity index is 0. The molecule has 0 aromatic rings. The van der Waals surface area contributed by atoms with Gasteiger partial charge in [0.15, 0.2) is 0 Å². The van der Waals surface area contributed by atoms with Crippen LogP contribution in [0.2, 0.25) is 0 Å². The zero-order valence-corrected chi connectivity index (χ0v) is 12.4. The van der Waals surface area contributed by atoms with Gasteiger partial charge >= 0.3 is 0 Å². The number of hydrogen-bond acceptors (Lipinski definition) is 4. The number of amides is 1. The smallest absolute Gasteiger partial charge is 0.237 e. The van der Waals surface area contributed by atoms with Gasteiger partial charge in [-0.25, -0.2) is 0 Å². The second-order valence-electron chi connectivity index (χ2n) is 4.82. The normalized spacial score (nSPS) is 18.6. The van der Waals surface area contributed by atoms with Crippen molar-refractivity contribution >= 4 is 30.7 Å². The van der Waals surface area contributed by atoms with Crippen molar-refractivity contribution < 1.29 is 4.79 Å². The Labute approximate surface area is 121 Å². The summed E-state index contributed by atoms with van der Waals surface area (Å²) < 4.78 is 0. The fourth-order valence-electron chi connectivity index (χ4n) is 1.69. The lowest BCUT2D eigenvalue weighted by atomic mass is 10.1. The Morgan fingerprint density at radius 1 is 1.56 bits per heavy atom. The van der Waals surface area contributed by atoms with Crippen molar-refractivity contribution in [1.29, 1.82) is 5.26 Å². The zero-order valence-electron chi connectivity index (χ0n) is 10.8. The third kappa shape index (κ3) is 5.40. The summed E-state index contributed by atoms with van der Waals surface area (Å²) >= 11 is 0. The third-order valence-corrected chi connectivity index (χ3v) is 2.95. The molecule has 1 saturated heterocycles. The Morgan fingerprint density at radius 2 is 2.17 bits per heavy atom. The van der Waals surface area contributed by atoms with E-state index in [2.05, 4.69) is 11.4 Å². The summed E-state index contributed by atoms with van der Waals surface area (Å²) in [5.74, 6) is -0.00873. The van der Waals surface area contributed by atoms with Crippen LogP contribution in [0.5, 0.6) is 0 Å². The first-order valence-corrected chi connectivity index (χ1v) is 5.64. The minimum Gasteiger partial charge on any atom is -0.329 e. The van der Waals surface area contributed by atoms with Gasteiger partial charge in [-0.05, 0) is 26.7 Å². The van der Waals surface area contributed by atoms with Crippen LogP contribution in [-0.4, -0.2) is 42.0 Å². The lowest BCUT2D eigenvalue weighted by Gasteiger charge is -2.26. The molecule has 1 aliphatic rings. The molecule has 106 valence electrons. The summed E-state index contributed by atoms with van der Waals surface area (Å²) in [6, 6.07) is 1.92. The SMILES string of the molecule is CC(C)(CN)NCC(=O)N1CCCC1C#N.Cl.Cl. The second-order valence-corrected chi connectivity index (χ2v) is 4.82. The van der Waals surface area contributed by atoms with E-state index in [0.29, 0.717) is 13.1 Å². The summed E-state index contributed by atoms with van der Waals surface area (Å²) in [5, 5.41) is 12.0. The average molecular weight is 297 g/mol. The van der Waals surface area contributed by atoms with Crippen molar-refractivity contribution in [3.05, 3.63) is 0 Å². The highest BCUT2D eigenvalue weighted by molar-refractivity contribution is 5.85. The predicted octanol–water partition coefficient (Wildman–Crippen LogP) is 0.671. The third-order valence-electron chi connectivity index (χ3n) is 2.95. The number of halogens is 2. The Morgan fingerprint density at radius 3 is 2.67 bits per heavy atom. The molecular formula is C11H22Cl2N4O. The summed E-state index contributed by atoms with van der Waals surface area (Å²) in [6.45, 7) is 5.32. The van der Waals surface area contributed by atoms with Crippen LogP contribution in [0.15, 0.2) is 0 Å². The Bertz CT molecular complexity index is 304. The van der Waals surface area contributed by atoms with Gasteiger partial charge in [-0.2, -0.15) is 5.26 Å². The van der Waals surface area contributed by atoms with Crippen LogP contribution in [-0.2, 0) is 4.79 Å². The largest absolute Gasteiger partial charge is 0.329 e. The minimum atomic E-state index is -0.240. The summed E-state index contributed by atoms with van der Waals surface area (Å²) in [6.07, 6.45) is 1.72. The van der Waals surface area contributed by atoms with Crippen molar-refractivity contribution in [3.8, 4) is 6.07 Å². The number of likely N-dealkylation sites (tertiary alicyclic amines) is 1. The van der Waals surface area contributed by atoms with E-state index in [1.807, 2.05) is 13.8 Å². The van der Waals surface area contributed by atoms with E-state index >= 15 is 0 Å². The number of nitriles is 1. The van der Waals surface area contributed by atoms with Crippen LogP contribution >= 0.6 is 24.8 Å². The van der Waals surface area contributed by atoms with E-state index in [1.165, 1.54) is 0 Å². The van der Waals surface area contributed by atoms with Crippen LogP contribution in [0, 0.1) is 11.3 Å². The molecule has 0 bridgehead atoms. The van der Waals surface area contributed by atoms with Crippen LogP contribution in [0.25, 0.3) is 0 Å². The number of nitrogens with zero attached hydrogens (tertiary/aromatic N) is 2. The molecule has 1 unspecified atom stereocenters. The van der Waals surface area contributed by atoms with Crippen molar-refractivity contribution in [2.24, 2.45) is 5.73 Å². The summed E-state index contributed by atoms with van der Waals surface area (Å²) in [4.78, 5) is 13.5. The first-order valence-electron chi connectivity index (χ1n) is 5.64. The first kappa shape index (κ1) is 19.8. The molecule has 1 fully saturated rings. The number of hydrogen-bond donors (Lipinski definition) is 2. The van der Waals surface area contributed by atoms with Crippen molar-refractivity contribution in [2.75, 3.05) is 19.6 Å². The van der Waals surface area contributed by atoms with Gasteiger partial charge in [-0.1, -0.05) is 0 Å². The van der Waals surface area contributed by atoms with E-state index < -0.39 is 0 Å². The highest BCUT2D eigenvalue weighted by Gasteiger charge is 2.29. The average Bonchev–Trinajstić information content (AvgIpc) is 2.74. The highest BCUT2D eigenvalue weighted by atomic mass is 35.5. The number of rotatable bonds is 4. The molecule has 0 saturated carbocycles. The number of nitrogens with two attached hydrogens (primary N) is 1. The maximum absolute atomic E-state index is 11.8. The van der Waals surface area contributed by atoms with Crippen LogP contribution in [0.3, 0.4) is 0 Å². The first-order chi connectivity index (χ1) is 7.50. The monoisotopic (exact) mass is 296 g/mol. The topological polar surface area (TPSA) is 82.2 Å². The van der Waals surface area contributed by atoms with Gasteiger partial charge in [0.1, 0.15) is 6.04 Å². The van der Waals surface area contributed by atoms with E-state index in [9.17, 15) is 4.79 Å². The summed E-state index contributed by atoms with van der Waals surface area (Å²) in [7, 11) is 0. The van der Waals surface area contributed by atoms with Crippen LogP contribution < -0.4 is 11.1 Å². The molecule has 18 heavy (non-hydrogen) atoms. The van der Waals surface area contributed by atoms with Crippen molar-refractivity contribution in [1.82, 2.24) is 10.2 Å². The fraction of sp³-hybridized carbons (Fsp3) is 0.818. The Kier molecular flexibility index (Phi) is 9.39. The van der Waals surface area contributed by atoms with Crippen molar-refractivity contribution in [3.63, 3.8) is 0 Å². The number of carbonyl (C=O) groups excluding carboxylic acids is 1. The molecule has 5 nitrogen and oxygen atoms in total. The molecule has 1 amide bonds. The molecular weight excluding hydrogens is 275 g/mol. The lowest BCUT2D eigenvalue weighted by Crippen LogP contribution is -2.51. The second kappa shape index (κ2) is 8.54. The van der Waals surface area contributed by atoms with E-state index in [1.54, 1.807) is 4.90 Å². The maximum atomic E-state index is 11.8. The maximum Gasteiger partial charge on any atom is 0.237 e. The molecule has 1 aliphatic heterocycles. The molecule has 1 rings (SSSR count). The molecule has 1 atom stereocenters. The van der Waals surface area contributed by atoms with Crippen LogP contribution in [0.4, 0.5) is 0 Å². The van der Waals surface area contributed by atoms with E-state index in [0.717, 1.165) is 12.8 Å². The van der Waals surface area contributed by atoms with Gasteiger partial charge in [0.2, 0.25) is 5.91 Å². The molecule has 0 aliphatic carbocycles. The van der Waals surface area contributed by atoms with Gasteiger partial charge in [0.05, 0.1) is 12.6 Å². The standard InChI is InChI=1S/C11H20N4O.2ClH/c1-11(2,8-13)14-7-10(16)15-5-3-4-9(15)6-12;;/h9,14H,3-5,7-8,13H2,1-2H3;2*1H. The minimum absolute atomic E-state index is 0. The van der Waals surface area contributed by atoms with Crippen LogP contribution in [0.1, 0.15) is 26.7 Å². The molecule has 1 heterocycles. The quantitative estimate of drug-likeness (QED) is 0.799. The van der Waals surface area contributed by atoms with Crippen molar-refractivity contribution in [2.45, 2.75) is 38.3 Å². The lowest BCUT2D eigenvalue weighted by molar-refractivity contribution is -0.130. The number of carbonyl (C=O) groups is 1. The van der Waals surface area contributed by atoms with Gasteiger partial charge in [-0.15, -0.1) is 24.8 Å². The zero-order chi connectivity index (χ0) is 12.2. The fourth-order valence-corrected chi connectivity index (χ4v) is 1.69.